The van der Waals surface area contributed by atoms with E-state index < -0.39 is 0 Å². The molecule has 0 aliphatic rings. The molecule has 0 radical (unpaired) electrons. The third-order valence-corrected chi connectivity index (χ3v) is 5.28. The van der Waals surface area contributed by atoms with Gasteiger partial charge in [0.05, 0.1) is 36.7 Å². The van der Waals surface area contributed by atoms with Gasteiger partial charge in [0, 0.05) is 11.6 Å². The Balaban J connectivity index is 1.82. The molecule has 0 aliphatic heterocycles. The molecule has 0 bridgehead atoms. The highest BCUT2D eigenvalue weighted by atomic mass is 35.5. The highest BCUT2D eigenvalue weighted by Crippen LogP contribution is 2.28. The molecule has 1 N–H and O–H groups in total. The number of carbonyl (C=O) groups excluding carboxylic acids is 1. The predicted octanol–water partition coefficient (Wildman–Crippen LogP) is 4.37. The first-order valence-corrected chi connectivity index (χ1v) is 10.2. The van der Waals surface area contributed by atoms with E-state index in [-0.39, 0.29) is 11.7 Å². The third-order valence-electron chi connectivity index (χ3n) is 4.03. The molecule has 1 heterocycles. The summed E-state index contributed by atoms with van der Waals surface area (Å²) in [5.74, 6) is 0.139. The Bertz CT molecular complexity index is 964. The zero-order chi connectivity index (χ0) is 19.8. The van der Waals surface area contributed by atoms with Gasteiger partial charge in [0.2, 0.25) is 5.91 Å². The molecule has 2 aromatic carbocycles. The molecular weight excluding hydrogens is 392 g/mol. The van der Waals surface area contributed by atoms with Crippen LogP contribution in [0.15, 0.2) is 66.0 Å². The average Bonchev–Trinajstić information content (AvgIpc) is 3.10. The number of rotatable bonds is 8. The lowest BCUT2D eigenvalue weighted by Crippen LogP contribution is -2.26. The summed E-state index contributed by atoms with van der Waals surface area (Å²) in [5, 5.41) is 12.7. The highest BCUT2D eigenvalue weighted by Gasteiger charge is 2.14. The molecule has 0 spiro atoms. The van der Waals surface area contributed by atoms with Crippen LogP contribution in [-0.4, -0.2) is 27.8 Å². The van der Waals surface area contributed by atoms with E-state index in [0.717, 1.165) is 22.0 Å². The predicted molar refractivity (Wildman–Crippen MR) is 112 cm³/mol. The first-order valence-electron chi connectivity index (χ1n) is 8.79. The Hall–Kier alpha value is -2.75. The molecule has 3 rings (SSSR count). The Kier molecular flexibility index (Phi) is 7.12. The molecule has 1 aromatic heterocycles. The Morgan fingerprint density at radius 3 is 2.64 bits per heavy atom. The average molecular weight is 411 g/mol. The first kappa shape index (κ1) is 20.0. The topological polar surface area (TPSA) is 70.7 Å². The lowest BCUT2D eigenvalue weighted by Gasteiger charge is -2.12. The molecule has 3 aromatic rings. The maximum Gasteiger partial charge on any atom is 0.230 e. The van der Waals surface area contributed by atoms with Crippen LogP contribution in [0, 0.1) is 11.3 Å². The molecular formula is C21H19ClN4OS. The van der Waals surface area contributed by atoms with Crippen LogP contribution in [0.5, 0.6) is 0 Å². The van der Waals surface area contributed by atoms with E-state index in [0.29, 0.717) is 24.5 Å². The Morgan fingerprint density at radius 2 is 1.93 bits per heavy atom. The number of amides is 1. The largest absolute Gasteiger partial charge is 0.354 e. The lowest BCUT2D eigenvalue weighted by atomic mass is 10.1. The van der Waals surface area contributed by atoms with E-state index in [2.05, 4.69) is 27.0 Å². The van der Waals surface area contributed by atoms with E-state index in [9.17, 15) is 4.79 Å². The van der Waals surface area contributed by atoms with Gasteiger partial charge in [0.25, 0.3) is 0 Å². The molecule has 0 atom stereocenters. The lowest BCUT2D eigenvalue weighted by molar-refractivity contribution is -0.118. The minimum atomic E-state index is -0.109. The van der Waals surface area contributed by atoms with Crippen molar-refractivity contribution in [3.63, 3.8) is 0 Å². The molecule has 1 amide bonds. The van der Waals surface area contributed by atoms with Gasteiger partial charge < -0.3 is 9.88 Å². The van der Waals surface area contributed by atoms with Gasteiger partial charge in [0.1, 0.15) is 0 Å². The van der Waals surface area contributed by atoms with Gasteiger partial charge in [-0.15, -0.1) is 0 Å². The first-order chi connectivity index (χ1) is 13.7. The number of thioether (sulfide) groups is 1. The number of hydrogen-bond donors (Lipinski definition) is 1. The fraction of sp³-hybridized carbons (Fsp3) is 0.190. The zero-order valence-corrected chi connectivity index (χ0v) is 16.7. The molecule has 0 unspecified atom stereocenters. The van der Waals surface area contributed by atoms with Crippen molar-refractivity contribution in [3.8, 4) is 17.3 Å². The van der Waals surface area contributed by atoms with Crippen molar-refractivity contribution in [1.82, 2.24) is 14.9 Å². The van der Waals surface area contributed by atoms with E-state index in [4.69, 9.17) is 16.9 Å². The summed E-state index contributed by atoms with van der Waals surface area (Å²) in [6.45, 7) is 1.02. The minimum Gasteiger partial charge on any atom is -0.354 e. The summed E-state index contributed by atoms with van der Waals surface area (Å²) >= 11 is 7.40. The van der Waals surface area contributed by atoms with Crippen LogP contribution in [0.1, 0.15) is 12.0 Å². The fourth-order valence-corrected chi connectivity index (χ4v) is 3.62. The molecule has 0 saturated carbocycles. The maximum absolute atomic E-state index is 12.0. The minimum absolute atomic E-state index is 0.109. The summed E-state index contributed by atoms with van der Waals surface area (Å²) in [6, 6.07) is 19.8. The zero-order valence-electron chi connectivity index (χ0n) is 15.1. The van der Waals surface area contributed by atoms with Crippen LogP contribution in [0.3, 0.4) is 0 Å². The van der Waals surface area contributed by atoms with E-state index >= 15 is 0 Å². The van der Waals surface area contributed by atoms with Gasteiger partial charge >= 0.3 is 0 Å². The monoisotopic (exact) mass is 410 g/mol. The number of aromatic nitrogens is 2. The quantitative estimate of drug-likeness (QED) is 0.442. The van der Waals surface area contributed by atoms with Crippen LogP contribution in [0.2, 0.25) is 5.02 Å². The number of imidazole rings is 1. The van der Waals surface area contributed by atoms with Gasteiger partial charge in [0.15, 0.2) is 5.16 Å². The highest BCUT2D eigenvalue weighted by molar-refractivity contribution is 7.99. The molecule has 0 aliphatic carbocycles. The van der Waals surface area contributed by atoms with Crippen molar-refractivity contribution in [3.05, 3.63) is 71.4 Å². The van der Waals surface area contributed by atoms with Crippen LogP contribution in [-0.2, 0) is 11.3 Å². The van der Waals surface area contributed by atoms with Crippen molar-refractivity contribution >= 4 is 29.3 Å². The number of nitrogens with zero attached hydrogens (tertiary/aromatic N) is 3. The molecule has 0 fully saturated rings. The number of nitrogens with one attached hydrogen (secondary N) is 1. The van der Waals surface area contributed by atoms with E-state index in [1.807, 2.05) is 54.7 Å². The number of halogens is 1. The molecule has 0 saturated heterocycles. The van der Waals surface area contributed by atoms with Gasteiger partial charge in [-0.2, -0.15) is 5.26 Å². The number of benzene rings is 2. The molecule has 28 heavy (non-hydrogen) atoms. The Labute approximate surface area is 173 Å². The van der Waals surface area contributed by atoms with Crippen molar-refractivity contribution in [2.75, 3.05) is 12.3 Å². The Morgan fingerprint density at radius 1 is 1.18 bits per heavy atom. The third kappa shape index (κ3) is 5.38. The number of nitriles is 1. The smallest absolute Gasteiger partial charge is 0.230 e. The van der Waals surface area contributed by atoms with Crippen molar-refractivity contribution in [1.29, 1.82) is 5.26 Å². The van der Waals surface area contributed by atoms with Crippen LogP contribution in [0.25, 0.3) is 11.3 Å². The summed E-state index contributed by atoms with van der Waals surface area (Å²) in [6.07, 6.45) is 2.13. The van der Waals surface area contributed by atoms with Crippen LogP contribution in [0.4, 0.5) is 0 Å². The number of carbonyl (C=O) groups is 1. The van der Waals surface area contributed by atoms with Crippen LogP contribution >= 0.6 is 23.4 Å². The van der Waals surface area contributed by atoms with Gasteiger partial charge in [-0.05, 0) is 23.3 Å². The van der Waals surface area contributed by atoms with E-state index in [1.54, 1.807) is 0 Å². The summed E-state index contributed by atoms with van der Waals surface area (Å²) in [7, 11) is 0. The van der Waals surface area contributed by atoms with Crippen molar-refractivity contribution in [2.45, 2.75) is 18.1 Å². The summed E-state index contributed by atoms with van der Waals surface area (Å²) in [5.41, 5.74) is 3.13. The fourth-order valence-electron chi connectivity index (χ4n) is 2.68. The molecule has 7 heteroatoms. The van der Waals surface area contributed by atoms with Crippen LogP contribution < -0.4 is 5.32 Å². The SMILES string of the molecule is N#CCCNC(=O)CSc1ncc(-c2ccc(Cl)cc2)n1Cc1ccccc1. The molecule has 142 valence electrons. The van der Waals surface area contributed by atoms with Crippen molar-refractivity contribution in [2.24, 2.45) is 0 Å². The number of hydrogen-bond acceptors (Lipinski definition) is 4. The second-order valence-corrected chi connectivity index (χ2v) is 7.43. The van der Waals surface area contributed by atoms with Gasteiger partial charge in [-0.1, -0.05) is 65.8 Å². The maximum atomic E-state index is 12.0. The summed E-state index contributed by atoms with van der Waals surface area (Å²) in [4.78, 5) is 16.5. The normalized spacial score (nSPS) is 10.4. The van der Waals surface area contributed by atoms with E-state index in [1.165, 1.54) is 11.8 Å². The standard InChI is InChI=1S/C21H19ClN4OS/c22-18-9-7-17(8-10-18)19-13-25-21(28-15-20(27)24-12-4-11-23)26(19)14-16-5-2-1-3-6-16/h1-3,5-10,13H,4,12,14-15H2,(H,24,27). The van der Waals surface area contributed by atoms with Gasteiger partial charge in [-0.25, -0.2) is 4.98 Å². The second kappa shape index (κ2) is 9.98. The summed E-state index contributed by atoms with van der Waals surface area (Å²) < 4.78 is 2.10. The second-order valence-electron chi connectivity index (χ2n) is 6.05. The molecule has 5 nitrogen and oxygen atoms in total. The van der Waals surface area contributed by atoms with Crippen molar-refractivity contribution < 1.29 is 4.79 Å². The van der Waals surface area contributed by atoms with Gasteiger partial charge in [-0.3, -0.25) is 4.79 Å².